The van der Waals surface area contributed by atoms with E-state index in [1.807, 2.05) is 39.0 Å². The molecule has 3 aliphatic rings. The highest BCUT2D eigenvalue weighted by Gasteiger charge is 2.39. The highest BCUT2D eigenvalue weighted by atomic mass is 16.5. The number of methoxy groups -OCH3 is 1. The minimum Gasteiger partial charge on any atom is -0.508 e. The molecule has 2 aromatic carbocycles. The minimum absolute atomic E-state index is 0.0183. The van der Waals surface area contributed by atoms with E-state index < -0.39 is 41.3 Å². The summed E-state index contributed by atoms with van der Waals surface area (Å²) in [4.78, 5) is 78.5. The van der Waals surface area contributed by atoms with E-state index in [0.717, 1.165) is 27.7 Å². The Morgan fingerprint density at radius 1 is 1.04 bits per heavy atom. The quantitative estimate of drug-likeness (QED) is 0.123. The molecule has 2 saturated heterocycles. The third kappa shape index (κ3) is 11.5. The average Bonchev–Trinajstić information content (AvgIpc) is 3.60. The van der Waals surface area contributed by atoms with Crippen molar-refractivity contribution >= 4 is 52.9 Å². The second-order valence-corrected chi connectivity index (χ2v) is 18.8. The Kier molecular flexibility index (Phi) is 16.2. The van der Waals surface area contributed by atoms with Crippen LogP contribution in [-0.2, 0) is 48.0 Å². The first-order valence-corrected chi connectivity index (χ1v) is 23.3. The normalized spacial score (nSPS) is 20.3. The number of carbonyl (C=O) groups excluding carboxylic acids is 5. The molecule has 0 saturated carbocycles. The van der Waals surface area contributed by atoms with Gasteiger partial charge in [0, 0.05) is 88.1 Å². The molecular formula is C51H68N8O8. The fourth-order valence-corrected chi connectivity index (χ4v) is 9.34. The van der Waals surface area contributed by atoms with Crippen LogP contribution in [-0.4, -0.2) is 143 Å². The van der Waals surface area contributed by atoms with Gasteiger partial charge >= 0.3 is 12.0 Å². The second kappa shape index (κ2) is 21.6. The number of aromatic hydroxyl groups is 1. The topological polar surface area (TPSA) is 178 Å². The molecule has 6 rings (SSSR count). The summed E-state index contributed by atoms with van der Waals surface area (Å²) in [5.74, 6) is -2.10. The lowest BCUT2D eigenvalue weighted by Crippen LogP contribution is -2.63. The van der Waals surface area contributed by atoms with Crippen molar-refractivity contribution in [3.63, 3.8) is 0 Å². The largest absolute Gasteiger partial charge is 0.508 e. The van der Waals surface area contributed by atoms with E-state index in [1.54, 1.807) is 48.4 Å². The number of nitrogens with one attached hydrogen (secondary N) is 2. The fourth-order valence-electron chi connectivity index (χ4n) is 9.34. The number of phenolic OH excluding ortho intramolecular Hbond substituents is 1. The Bertz CT molecular complexity index is 2430. The SMILES string of the molecule is C=C/C=N\C(=C\c1c2c3cc(ccc3n1CC)-c1cc(O)cc(c1)C[C@H](NC(=O)[C@H](C(C)C)N(C)C(=O)N1CCN(C(=O)C=C)CC1)C(=O)N1CCC[C@H](N1)C(=O)OCC(C)(C)C2)[C@H](C)OC. The van der Waals surface area contributed by atoms with E-state index in [4.69, 9.17) is 9.47 Å². The number of nitrogens with zero attached hydrogens (tertiary/aromatic N) is 6. The number of rotatable bonds is 11. The van der Waals surface area contributed by atoms with Crippen LogP contribution in [0.2, 0.25) is 0 Å². The van der Waals surface area contributed by atoms with Gasteiger partial charge in [0.05, 0.1) is 18.4 Å². The van der Waals surface area contributed by atoms with Crippen LogP contribution in [0.1, 0.15) is 71.2 Å². The third-order valence-electron chi connectivity index (χ3n) is 12.9. The number of likely N-dealkylation sites (N-methyl/N-ethyl adjacent to an activating group) is 1. The van der Waals surface area contributed by atoms with Crippen molar-refractivity contribution in [2.45, 2.75) is 98.0 Å². The number of phenols is 1. The number of cyclic esters (lactones) is 1. The zero-order valence-corrected chi connectivity index (χ0v) is 40.3. The van der Waals surface area contributed by atoms with Crippen LogP contribution < -0.4 is 10.7 Å². The number of hydrogen-bond acceptors (Lipinski definition) is 10. The van der Waals surface area contributed by atoms with Gasteiger partial charge < -0.3 is 39.2 Å². The van der Waals surface area contributed by atoms with Crippen LogP contribution >= 0.6 is 0 Å². The number of carbonyl (C=O) groups is 5. The molecule has 3 aromatic rings. The molecule has 67 heavy (non-hydrogen) atoms. The van der Waals surface area contributed by atoms with Gasteiger partial charge in [-0.1, -0.05) is 59.1 Å². The van der Waals surface area contributed by atoms with Gasteiger partial charge in [0.15, 0.2) is 0 Å². The summed E-state index contributed by atoms with van der Waals surface area (Å²) in [5.41, 5.74) is 8.32. The number of aryl methyl sites for hydroxylation is 1. The number of allylic oxidation sites excluding steroid dienone is 1. The number of hydrazine groups is 1. The zero-order valence-electron chi connectivity index (χ0n) is 40.3. The molecule has 2 fully saturated rings. The van der Waals surface area contributed by atoms with Crippen molar-refractivity contribution in [3.05, 3.63) is 84.2 Å². The molecule has 0 aliphatic carbocycles. The molecule has 5 amide bonds. The van der Waals surface area contributed by atoms with E-state index in [0.29, 0.717) is 55.7 Å². The number of fused-ring (bicyclic) bond motifs is 6. The van der Waals surface area contributed by atoms with Crippen molar-refractivity contribution in [2.75, 3.05) is 53.5 Å². The molecule has 16 heteroatoms. The Morgan fingerprint density at radius 3 is 2.42 bits per heavy atom. The maximum atomic E-state index is 14.7. The number of amides is 5. The number of piperazine rings is 1. The van der Waals surface area contributed by atoms with E-state index >= 15 is 0 Å². The monoisotopic (exact) mass is 921 g/mol. The van der Waals surface area contributed by atoms with Gasteiger partial charge in [-0.05, 0) is 97.7 Å². The number of benzene rings is 2. The van der Waals surface area contributed by atoms with Gasteiger partial charge in [-0.15, -0.1) is 0 Å². The number of ether oxygens (including phenoxy) is 2. The lowest BCUT2D eigenvalue weighted by Gasteiger charge is -2.39. The van der Waals surface area contributed by atoms with Crippen molar-refractivity contribution in [1.82, 2.24) is 35.0 Å². The molecule has 4 heterocycles. The van der Waals surface area contributed by atoms with Crippen molar-refractivity contribution in [2.24, 2.45) is 16.3 Å². The lowest BCUT2D eigenvalue weighted by atomic mass is 9.85. The Labute approximate surface area is 394 Å². The molecule has 1 aromatic heterocycles. The van der Waals surface area contributed by atoms with Gasteiger partial charge in [0.2, 0.25) is 11.8 Å². The average molecular weight is 921 g/mol. The van der Waals surface area contributed by atoms with E-state index in [2.05, 4.69) is 66.4 Å². The summed E-state index contributed by atoms with van der Waals surface area (Å²) in [5, 5.41) is 16.6. The molecule has 4 atom stereocenters. The van der Waals surface area contributed by atoms with Crippen LogP contribution in [0.4, 0.5) is 4.79 Å². The summed E-state index contributed by atoms with van der Waals surface area (Å²) in [6.07, 6.45) is 7.67. The number of aromatic nitrogens is 1. The first-order chi connectivity index (χ1) is 31.9. The fraction of sp³-hybridized carbons (Fsp3) is 0.490. The molecule has 0 unspecified atom stereocenters. The number of hydrogen-bond donors (Lipinski definition) is 3. The number of aliphatic imine (C=N–C) groups is 1. The van der Waals surface area contributed by atoms with Gasteiger partial charge in [0.1, 0.15) is 23.9 Å². The number of urea groups is 1. The summed E-state index contributed by atoms with van der Waals surface area (Å²) in [6, 6.07) is 8.00. The van der Waals surface area contributed by atoms with Gasteiger partial charge in [-0.3, -0.25) is 29.2 Å². The van der Waals surface area contributed by atoms with Crippen LogP contribution in [0.3, 0.4) is 0 Å². The first kappa shape index (κ1) is 50.2. The Morgan fingerprint density at radius 2 is 1.76 bits per heavy atom. The summed E-state index contributed by atoms with van der Waals surface area (Å²) in [7, 11) is 3.21. The molecular weight excluding hydrogens is 853 g/mol. The smallest absolute Gasteiger partial charge is 0.324 e. The summed E-state index contributed by atoms with van der Waals surface area (Å²) in [6.45, 7) is 21.4. The van der Waals surface area contributed by atoms with Crippen molar-refractivity contribution in [3.8, 4) is 16.9 Å². The molecule has 360 valence electrons. The van der Waals surface area contributed by atoms with Gasteiger partial charge in [-0.25, -0.2) is 10.2 Å². The highest BCUT2D eigenvalue weighted by molar-refractivity contribution is 5.94. The predicted octanol–water partition coefficient (Wildman–Crippen LogP) is 5.72. The zero-order chi connectivity index (χ0) is 48.7. The van der Waals surface area contributed by atoms with Crippen LogP contribution in [0, 0.1) is 11.3 Å². The Balaban J connectivity index is 1.42. The third-order valence-corrected chi connectivity index (χ3v) is 12.9. The molecule has 0 spiro atoms. The Hall–Kier alpha value is -6.26. The second-order valence-electron chi connectivity index (χ2n) is 18.8. The minimum atomic E-state index is -1.17. The highest BCUT2D eigenvalue weighted by Crippen LogP contribution is 2.38. The maximum Gasteiger partial charge on any atom is 0.324 e. The molecule has 6 bridgehead atoms. The van der Waals surface area contributed by atoms with Gasteiger partial charge in [0.25, 0.3) is 5.91 Å². The maximum absolute atomic E-state index is 14.7. The van der Waals surface area contributed by atoms with Crippen LogP contribution in [0.5, 0.6) is 5.75 Å². The van der Waals surface area contributed by atoms with E-state index in [-0.39, 0.29) is 62.4 Å². The summed E-state index contributed by atoms with van der Waals surface area (Å²) >= 11 is 0. The van der Waals surface area contributed by atoms with Crippen LogP contribution in [0.15, 0.2) is 72.4 Å². The summed E-state index contributed by atoms with van der Waals surface area (Å²) < 4.78 is 14.0. The van der Waals surface area contributed by atoms with E-state index in [1.165, 1.54) is 16.0 Å². The van der Waals surface area contributed by atoms with Gasteiger partial charge in [-0.2, -0.15) is 0 Å². The molecule has 16 nitrogen and oxygen atoms in total. The molecule has 3 aliphatic heterocycles. The van der Waals surface area contributed by atoms with Crippen molar-refractivity contribution in [1.29, 1.82) is 0 Å². The standard InChI is InChI=1S/C51H68N8O8/c1-11-18-52-41(33(6)66-10)29-44-39-30-51(7,8)31-67-49(64)40-15-14-19-59(54-40)48(63)42(26-34-24-36(27-37(60)25-34)35-16-17-43(38(39)28-35)58(44)13-3)53-47(62)46(32(4)5)55(9)50(65)57-22-20-56(21-23-57)45(61)12-2/h11-12,16-18,24-25,27-29,32-33,40,42,46,54,60H,1-2,13-15,19-23,26,30-31H2,3-10H3,(H,53,62)/b41-29+,52-18-/t33-,40-,42-,46-/m0/s1. The first-order valence-electron chi connectivity index (χ1n) is 23.3. The molecule has 3 N–H and O–H groups in total. The predicted molar refractivity (Wildman–Crippen MR) is 260 cm³/mol. The van der Waals surface area contributed by atoms with E-state index in [9.17, 15) is 29.1 Å². The molecule has 0 radical (unpaired) electrons. The lowest BCUT2D eigenvalue weighted by molar-refractivity contribution is -0.155. The van der Waals surface area contributed by atoms with Crippen molar-refractivity contribution < 1.29 is 38.6 Å². The van der Waals surface area contributed by atoms with Crippen LogP contribution in [0.25, 0.3) is 28.1 Å². The number of esters is 1.